The van der Waals surface area contributed by atoms with Crippen LogP contribution in [0.5, 0.6) is 0 Å². The van der Waals surface area contributed by atoms with E-state index in [4.69, 9.17) is 0 Å². The Morgan fingerprint density at radius 2 is 2.05 bits per heavy atom. The molecule has 2 aliphatic carbocycles. The summed E-state index contributed by atoms with van der Waals surface area (Å²) in [4.78, 5) is 12.2. The Morgan fingerprint density at radius 1 is 1.32 bits per heavy atom. The van der Waals surface area contributed by atoms with Crippen LogP contribution in [0.15, 0.2) is 24.3 Å². The van der Waals surface area contributed by atoms with Crippen LogP contribution in [0.4, 0.5) is 0 Å². The van der Waals surface area contributed by atoms with Gasteiger partial charge in [-0.3, -0.25) is 4.79 Å². The summed E-state index contributed by atoms with van der Waals surface area (Å²) in [5, 5.41) is 0. The molecule has 1 saturated carbocycles. The largest absolute Gasteiger partial charge is 0.299 e. The SMILES string of the molecule is CS(=O)(=O)CCC(=O)C1C2CCc3ccccc3C21. The molecule has 3 nitrogen and oxygen atoms in total. The maximum atomic E-state index is 12.2. The number of carbonyl (C=O) groups excluding carboxylic acids is 1. The van der Waals surface area contributed by atoms with E-state index in [0.29, 0.717) is 11.8 Å². The van der Waals surface area contributed by atoms with Crippen molar-refractivity contribution in [1.82, 2.24) is 0 Å². The molecule has 0 aromatic heterocycles. The molecule has 19 heavy (non-hydrogen) atoms. The number of carbonyl (C=O) groups is 1. The van der Waals surface area contributed by atoms with Crippen molar-refractivity contribution in [3.8, 4) is 0 Å². The Morgan fingerprint density at radius 3 is 2.79 bits per heavy atom. The number of hydrogen-bond donors (Lipinski definition) is 0. The zero-order valence-corrected chi connectivity index (χ0v) is 11.8. The fourth-order valence-corrected chi connectivity index (χ4v) is 4.03. The highest BCUT2D eigenvalue weighted by atomic mass is 32.2. The van der Waals surface area contributed by atoms with E-state index < -0.39 is 9.84 Å². The van der Waals surface area contributed by atoms with Crippen LogP contribution in [-0.4, -0.2) is 26.2 Å². The number of Topliss-reactive ketones (excluding diaryl/α,β-unsaturated/α-hetero) is 1. The highest BCUT2D eigenvalue weighted by molar-refractivity contribution is 7.90. The van der Waals surface area contributed by atoms with Gasteiger partial charge in [-0.05, 0) is 35.8 Å². The molecule has 0 bridgehead atoms. The van der Waals surface area contributed by atoms with E-state index in [9.17, 15) is 13.2 Å². The van der Waals surface area contributed by atoms with Crippen molar-refractivity contribution < 1.29 is 13.2 Å². The van der Waals surface area contributed by atoms with Crippen molar-refractivity contribution in [2.75, 3.05) is 12.0 Å². The quantitative estimate of drug-likeness (QED) is 0.846. The Labute approximate surface area is 113 Å². The molecular formula is C15H18O3S. The van der Waals surface area contributed by atoms with Crippen LogP contribution >= 0.6 is 0 Å². The van der Waals surface area contributed by atoms with Gasteiger partial charge >= 0.3 is 0 Å². The third kappa shape index (κ3) is 2.46. The normalized spacial score (nSPS) is 28.4. The number of benzene rings is 1. The molecule has 0 spiro atoms. The van der Waals surface area contributed by atoms with Crippen molar-refractivity contribution in [1.29, 1.82) is 0 Å². The van der Waals surface area contributed by atoms with Crippen molar-refractivity contribution >= 4 is 15.6 Å². The van der Waals surface area contributed by atoms with Gasteiger partial charge in [-0.2, -0.15) is 0 Å². The van der Waals surface area contributed by atoms with Crippen LogP contribution in [0.3, 0.4) is 0 Å². The summed E-state index contributed by atoms with van der Waals surface area (Å²) in [6.45, 7) is 0. The number of fused-ring (bicyclic) bond motifs is 3. The Kier molecular flexibility index (Phi) is 3.01. The van der Waals surface area contributed by atoms with Crippen LogP contribution in [0.2, 0.25) is 0 Å². The molecule has 1 aromatic rings. The maximum Gasteiger partial charge on any atom is 0.147 e. The third-order valence-corrected chi connectivity index (χ3v) is 5.37. The summed E-state index contributed by atoms with van der Waals surface area (Å²) in [6, 6.07) is 8.33. The molecule has 2 aliphatic rings. The zero-order chi connectivity index (χ0) is 13.6. The van der Waals surface area contributed by atoms with E-state index in [1.165, 1.54) is 17.4 Å². The van der Waals surface area contributed by atoms with E-state index in [1.54, 1.807) is 0 Å². The van der Waals surface area contributed by atoms with Crippen molar-refractivity contribution in [2.45, 2.75) is 25.2 Å². The first-order chi connectivity index (χ1) is 8.97. The van der Waals surface area contributed by atoms with Crippen molar-refractivity contribution in [2.24, 2.45) is 11.8 Å². The van der Waals surface area contributed by atoms with Gasteiger partial charge in [-0.15, -0.1) is 0 Å². The van der Waals surface area contributed by atoms with Crippen molar-refractivity contribution in [3.05, 3.63) is 35.4 Å². The Bertz CT molecular complexity index is 618. The molecule has 0 saturated heterocycles. The number of aryl methyl sites for hydroxylation is 1. The van der Waals surface area contributed by atoms with Gasteiger partial charge in [0.15, 0.2) is 0 Å². The van der Waals surface area contributed by atoms with Crippen LogP contribution in [0.25, 0.3) is 0 Å². The maximum absolute atomic E-state index is 12.2. The lowest BCUT2D eigenvalue weighted by Gasteiger charge is -2.13. The Balaban J connectivity index is 1.72. The van der Waals surface area contributed by atoms with Crippen LogP contribution in [-0.2, 0) is 21.1 Å². The topological polar surface area (TPSA) is 51.2 Å². The summed E-state index contributed by atoms with van der Waals surface area (Å²) in [7, 11) is -3.04. The summed E-state index contributed by atoms with van der Waals surface area (Å²) in [5.41, 5.74) is 2.68. The second-order valence-corrected chi connectivity index (χ2v) is 8.06. The summed E-state index contributed by atoms with van der Waals surface area (Å²) in [6.07, 6.45) is 3.48. The number of ketones is 1. The van der Waals surface area contributed by atoms with Gasteiger partial charge in [-0.25, -0.2) is 8.42 Å². The minimum atomic E-state index is -3.04. The number of sulfone groups is 1. The minimum absolute atomic E-state index is 0.0105. The van der Waals surface area contributed by atoms with Gasteiger partial charge in [0, 0.05) is 18.6 Å². The Hall–Kier alpha value is -1.16. The highest BCUT2D eigenvalue weighted by Gasteiger charge is 2.56. The van der Waals surface area contributed by atoms with Gasteiger partial charge < -0.3 is 0 Å². The molecule has 4 heteroatoms. The molecule has 3 atom stereocenters. The highest BCUT2D eigenvalue weighted by Crippen LogP contribution is 2.60. The molecule has 1 aromatic carbocycles. The molecular weight excluding hydrogens is 260 g/mol. The number of rotatable bonds is 4. The molecule has 3 rings (SSSR count). The van der Waals surface area contributed by atoms with Crippen LogP contribution in [0.1, 0.15) is 29.9 Å². The van der Waals surface area contributed by atoms with Gasteiger partial charge in [0.2, 0.25) is 0 Å². The van der Waals surface area contributed by atoms with Gasteiger partial charge in [0.1, 0.15) is 15.6 Å². The monoisotopic (exact) mass is 278 g/mol. The zero-order valence-electron chi connectivity index (χ0n) is 11.0. The van der Waals surface area contributed by atoms with E-state index in [2.05, 4.69) is 12.1 Å². The van der Waals surface area contributed by atoms with E-state index in [-0.39, 0.29) is 23.9 Å². The molecule has 0 N–H and O–H groups in total. The lowest BCUT2D eigenvalue weighted by Crippen LogP contribution is -2.11. The predicted molar refractivity (Wildman–Crippen MR) is 73.8 cm³/mol. The average Bonchev–Trinajstić information content (AvgIpc) is 3.10. The van der Waals surface area contributed by atoms with Gasteiger partial charge in [0.25, 0.3) is 0 Å². The lowest BCUT2D eigenvalue weighted by atomic mass is 9.92. The number of hydrogen-bond acceptors (Lipinski definition) is 3. The first-order valence-corrected chi connectivity index (χ1v) is 8.81. The van der Waals surface area contributed by atoms with E-state index in [0.717, 1.165) is 12.8 Å². The first kappa shape index (κ1) is 12.9. The van der Waals surface area contributed by atoms with Gasteiger partial charge in [0.05, 0.1) is 5.75 Å². The molecule has 0 aliphatic heterocycles. The predicted octanol–water partition coefficient (Wildman–Crippen LogP) is 1.97. The third-order valence-electron chi connectivity index (χ3n) is 4.42. The first-order valence-electron chi connectivity index (χ1n) is 6.75. The fraction of sp³-hybridized carbons (Fsp3) is 0.533. The van der Waals surface area contributed by atoms with Crippen molar-refractivity contribution in [3.63, 3.8) is 0 Å². The lowest BCUT2D eigenvalue weighted by molar-refractivity contribution is -0.120. The van der Waals surface area contributed by atoms with E-state index in [1.807, 2.05) is 12.1 Å². The molecule has 3 unspecified atom stereocenters. The molecule has 102 valence electrons. The van der Waals surface area contributed by atoms with Crippen LogP contribution in [0, 0.1) is 11.8 Å². The molecule has 0 amide bonds. The fourth-order valence-electron chi connectivity index (χ4n) is 3.46. The minimum Gasteiger partial charge on any atom is -0.299 e. The average molecular weight is 278 g/mol. The van der Waals surface area contributed by atoms with E-state index >= 15 is 0 Å². The summed E-state index contributed by atoms with van der Waals surface area (Å²) < 4.78 is 22.3. The second-order valence-electron chi connectivity index (χ2n) is 5.80. The summed E-state index contributed by atoms with van der Waals surface area (Å²) in [5.74, 6) is 1.02. The second kappa shape index (κ2) is 4.44. The smallest absolute Gasteiger partial charge is 0.147 e. The molecule has 1 fully saturated rings. The van der Waals surface area contributed by atoms with Gasteiger partial charge in [-0.1, -0.05) is 24.3 Å². The van der Waals surface area contributed by atoms with Crippen LogP contribution < -0.4 is 0 Å². The molecule has 0 heterocycles. The molecule has 0 radical (unpaired) electrons. The standard InChI is InChI=1S/C15H18O3S/c1-19(17,18)9-8-13(16)15-12-7-6-10-4-2-3-5-11(10)14(12)15/h2-5,12,14-15H,6-9H2,1H3. The summed E-state index contributed by atoms with van der Waals surface area (Å²) >= 11 is 0.